The van der Waals surface area contributed by atoms with E-state index in [2.05, 4.69) is 15.3 Å². The van der Waals surface area contributed by atoms with Crippen LogP contribution in [0, 0.1) is 6.92 Å². The third kappa shape index (κ3) is 3.57. The molecule has 0 saturated carbocycles. The van der Waals surface area contributed by atoms with Crippen LogP contribution in [0.5, 0.6) is 0 Å². The van der Waals surface area contributed by atoms with E-state index in [1.54, 1.807) is 29.5 Å². The molecule has 0 aliphatic rings. The van der Waals surface area contributed by atoms with Gasteiger partial charge in [0.1, 0.15) is 11.3 Å². The van der Waals surface area contributed by atoms with Gasteiger partial charge in [0.25, 0.3) is 11.5 Å². The van der Waals surface area contributed by atoms with Crippen molar-refractivity contribution in [2.45, 2.75) is 13.3 Å². The van der Waals surface area contributed by atoms with Crippen LogP contribution in [0.4, 0.5) is 0 Å². The fourth-order valence-electron chi connectivity index (χ4n) is 2.12. The van der Waals surface area contributed by atoms with Crippen LogP contribution >= 0.6 is 11.3 Å². The first kappa shape index (κ1) is 15.2. The molecule has 0 fully saturated rings. The molecule has 0 saturated heterocycles. The monoisotopic (exact) mass is 329 g/mol. The SMILES string of the molecule is Cc1csc(CCNC(=O)c2ccc(-c3ccco3)[nH]c2=O)n1. The lowest BCUT2D eigenvalue weighted by Crippen LogP contribution is -2.31. The van der Waals surface area contributed by atoms with E-state index < -0.39 is 11.5 Å². The van der Waals surface area contributed by atoms with Crippen molar-refractivity contribution in [1.29, 1.82) is 0 Å². The second-order valence-electron chi connectivity index (χ2n) is 4.98. The lowest BCUT2D eigenvalue weighted by molar-refractivity contribution is 0.0952. The van der Waals surface area contributed by atoms with Crippen molar-refractivity contribution in [2.24, 2.45) is 0 Å². The molecule has 0 radical (unpaired) electrons. The molecule has 6 nitrogen and oxygen atoms in total. The summed E-state index contributed by atoms with van der Waals surface area (Å²) in [5.41, 5.74) is 1.15. The van der Waals surface area contributed by atoms with Gasteiger partial charge in [-0.05, 0) is 31.2 Å². The number of nitrogens with zero attached hydrogens (tertiary/aromatic N) is 1. The van der Waals surface area contributed by atoms with Crippen LogP contribution < -0.4 is 10.9 Å². The van der Waals surface area contributed by atoms with Crippen LogP contribution in [0.15, 0.2) is 45.1 Å². The quantitative estimate of drug-likeness (QED) is 0.752. The van der Waals surface area contributed by atoms with Crippen LogP contribution in [0.25, 0.3) is 11.5 Å². The second-order valence-corrected chi connectivity index (χ2v) is 5.92. The highest BCUT2D eigenvalue weighted by atomic mass is 32.1. The molecule has 0 spiro atoms. The summed E-state index contributed by atoms with van der Waals surface area (Å²) >= 11 is 1.56. The molecule has 2 N–H and O–H groups in total. The number of furan rings is 1. The van der Waals surface area contributed by atoms with Gasteiger partial charge in [-0.15, -0.1) is 11.3 Å². The zero-order valence-electron chi connectivity index (χ0n) is 12.5. The van der Waals surface area contributed by atoms with Crippen LogP contribution in [0.3, 0.4) is 0 Å². The number of carbonyl (C=O) groups is 1. The third-order valence-electron chi connectivity index (χ3n) is 3.23. The van der Waals surface area contributed by atoms with Crippen LogP contribution in [0.2, 0.25) is 0 Å². The minimum Gasteiger partial charge on any atom is -0.463 e. The first-order valence-corrected chi connectivity index (χ1v) is 7.98. The molecule has 1 amide bonds. The van der Waals surface area contributed by atoms with Gasteiger partial charge < -0.3 is 14.7 Å². The summed E-state index contributed by atoms with van der Waals surface area (Å²) in [7, 11) is 0. The van der Waals surface area contributed by atoms with Crippen molar-refractivity contribution in [3.63, 3.8) is 0 Å². The number of thiazole rings is 1. The van der Waals surface area contributed by atoms with Gasteiger partial charge in [-0.25, -0.2) is 4.98 Å². The van der Waals surface area contributed by atoms with Crippen LogP contribution in [-0.2, 0) is 6.42 Å². The number of aromatic nitrogens is 2. The molecule has 0 bridgehead atoms. The summed E-state index contributed by atoms with van der Waals surface area (Å²) in [6.07, 6.45) is 2.17. The fourth-order valence-corrected chi connectivity index (χ4v) is 2.90. The molecule has 7 heteroatoms. The van der Waals surface area contributed by atoms with Crippen molar-refractivity contribution < 1.29 is 9.21 Å². The molecule has 0 atom stereocenters. The highest BCUT2D eigenvalue weighted by Crippen LogP contribution is 2.15. The van der Waals surface area contributed by atoms with Crippen LogP contribution in [-0.4, -0.2) is 22.4 Å². The topological polar surface area (TPSA) is 88.0 Å². The molecule has 23 heavy (non-hydrogen) atoms. The third-order valence-corrected chi connectivity index (χ3v) is 4.26. The first-order valence-electron chi connectivity index (χ1n) is 7.10. The molecule has 0 aromatic carbocycles. The van der Waals surface area contributed by atoms with E-state index in [0.29, 0.717) is 24.4 Å². The van der Waals surface area contributed by atoms with E-state index in [1.165, 1.54) is 12.3 Å². The highest BCUT2D eigenvalue weighted by molar-refractivity contribution is 7.09. The molecular formula is C16H15N3O3S. The molecule has 3 aromatic rings. The van der Waals surface area contributed by atoms with Gasteiger partial charge in [-0.1, -0.05) is 0 Å². The fraction of sp³-hybridized carbons (Fsp3) is 0.188. The van der Waals surface area contributed by atoms with Gasteiger partial charge in [0.05, 0.1) is 17.0 Å². The van der Waals surface area contributed by atoms with Crippen molar-refractivity contribution >= 4 is 17.2 Å². The van der Waals surface area contributed by atoms with Crippen molar-refractivity contribution in [3.8, 4) is 11.5 Å². The van der Waals surface area contributed by atoms with E-state index in [-0.39, 0.29) is 5.56 Å². The lowest BCUT2D eigenvalue weighted by Gasteiger charge is -2.04. The second kappa shape index (κ2) is 6.62. The van der Waals surface area contributed by atoms with E-state index in [9.17, 15) is 9.59 Å². The summed E-state index contributed by atoms with van der Waals surface area (Å²) in [5, 5.41) is 5.67. The number of hydrogen-bond donors (Lipinski definition) is 2. The summed E-state index contributed by atoms with van der Waals surface area (Å²) in [6.45, 7) is 2.36. The molecule has 0 aliphatic heterocycles. The van der Waals surface area contributed by atoms with Crippen molar-refractivity contribution in [2.75, 3.05) is 6.54 Å². The first-order chi connectivity index (χ1) is 11.1. The minimum absolute atomic E-state index is 0.0793. The van der Waals surface area contributed by atoms with Gasteiger partial charge in [-0.2, -0.15) is 0 Å². The zero-order valence-corrected chi connectivity index (χ0v) is 13.3. The lowest BCUT2D eigenvalue weighted by atomic mass is 10.2. The Kier molecular flexibility index (Phi) is 4.38. The number of rotatable bonds is 5. The Hall–Kier alpha value is -2.67. The maximum atomic E-state index is 12.1. The van der Waals surface area contributed by atoms with E-state index in [4.69, 9.17) is 4.42 Å². The number of aryl methyl sites for hydroxylation is 1. The number of hydrogen-bond acceptors (Lipinski definition) is 5. The largest absolute Gasteiger partial charge is 0.463 e. The van der Waals surface area contributed by atoms with E-state index >= 15 is 0 Å². The minimum atomic E-state index is -0.443. The number of aromatic amines is 1. The molecular weight excluding hydrogens is 314 g/mol. The van der Waals surface area contributed by atoms with Gasteiger partial charge in [0.15, 0.2) is 0 Å². The maximum Gasteiger partial charge on any atom is 0.261 e. The Labute approximate surface area is 136 Å². The van der Waals surface area contributed by atoms with Crippen LogP contribution in [0.1, 0.15) is 21.1 Å². The highest BCUT2D eigenvalue weighted by Gasteiger charge is 2.12. The Morgan fingerprint density at radius 1 is 1.39 bits per heavy atom. The number of amides is 1. The zero-order chi connectivity index (χ0) is 16.2. The summed E-state index contributed by atoms with van der Waals surface area (Å²) in [4.78, 5) is 31.1. The summed E-state index contributed by atoms with van der Waals surface area (Å²) in [5.74, 6) is 0.152. The standard InChI is InChI=1S/C16H15N3O3S/c1-10-9-23-14(18-10)6-7-17-15(20)11-4-5-12(19-16(11)21)13-3-2-8-22-13/h2-5,8-9H,6-7H2,1H3,(H,17,20)(H,19,21). The van der Waals surface area contributed by atoms with Gasteiger partial charge in [-0.3, -0.25) is 9.59 Å². The van der Waals surface area contributed by atoms with Gasteiger partial charge >= 0.3 is 0 Å². The molecule has 118 valence electrons. The number of nitrogens with one attached hydrogen (secondary N) is 2. The number of carbonyl (C=O) groups excluding carboxylic acids is 1. The van der Waals surface area contributed by atoms with E-state index in [0.717, 1.165) is 10.7 Å². The summed E-state index contributed by atoms with van der Waals surface area (Å²) in [6, 6.07) is 6.62. The Morgan fingerprint density at radius 2 is 2.26 bits per heavy atom. The van der Waals surface area contributed by atoms with Gasteiger partial charge in [0.2, 0.25) is 0 Å². The Morgan fingerprint density at radius 3 is 2.91 bits per heavy atom. The average molecular weight is 329 g/mol. The normalized spacial score (nSPS) is 10.7. The Bertz CT molecular complexity index is 865. The molecule has 0 unspecified atom stereocenters. The van der Waals surface area contributed by atoms with Crippen molar-refractivity contribution in [1.82, 2.24) is 15.3 Å². The predicted octanol–water partition coefficient (Wildman–Crippen LogP) is 2.37. The predicted molar refractivity (Wildman–Crippen MR) is 87.7 cm³/mol. The Balaban J connectivity index is 1.64. The molecule has 3 rings (SSSR count). The van der Waals surface area contributed by atoms with Crippen molar-refractivity contribution in [3.05, 3.63) is 62.5 Å². The molecule has 3 heterocycles. The maximum absolute atomic E-state index is 12.1. The van der Waals surface area contributed by atoms with E-state index in [1.807, 2.05) is 12.3 Å². The van der Waals surface area contributed by atoms with Gasteiger partial charge in [0, 0.05) is 24.0 Å². The molecule has 0 aliphatic carbocycles. The smallest absolute Gasteiger partial charge is 0.261 e. The summed E-state index contributed by atoms with van der Waals surface area (Å²) < 4.78 is 5.21. The number of H-pyrrole nitrogens is 1. The molecule has 3 aromatic heterocycles. The number of pyridine rings is 1. The average Bonchev–Trinajstić information content (AvgIpc) is 3.18.